The largest absolute Gasteiger partial charge is 0.375 e. The van der Waals surface area contributed by atoms with Gasteiger partial charge in [-0.15, -0.1) is 0 Å². The highest BCUT2D eigenvalue weighted by Crippen LogP contribution is 2.42. The van der Waals surface area contributed by atoms with Gasteiger partial charge in [-0.3, -0.25) is 9.59 Å². The fourth-order valence-electron chi connectivity index (χ4n) is 3.29. The molecule has 2 aromatic rings. The third-order valence-electron chi connectivity index (χ3n) is 4.76. The van der Waals surface area contributed by atoms with Crippen molar-refractivity contribution in [1.29, 1.82) is 0 Å². The van der Waals surface area contributed by atoms with Crippen molar-refractivity contribution in [1.82, 2.24) is 0 Å². The maximum Gasteiger partial charge on any atom is 0.264 e. The van der Waals surface area contributed by atoms with Crippen LogP contribution in [0.2, 0.25) is 0 Å². The van der Waals surface area contributed by atoms with E-state index >= 15 is 0 Å². The van der Waals surface area contributed by atoms with Gasteiger partial charge in [0.15, 0.2) is 11.4 Å². The first-order valence-electron chi connectivity index (χ1n) is 8.71. The molecular weight excluding hydrogens is 314 g/mol. The Balaban J connectivity index is 1.92. The number of anilines is 1. The van der Waals surface area contributed by atoms with Gasteiger partial charge in [0.05, 0.1) is 12.1 Å². The molecule has 0 spiro atoms. The number of para-hydroxylation sites is 1. The Morgan fingerprint density at radius 2 is 1.80 bits per heavy atom. The van der Waals surface area contributed by atoms with E-state index in [9.17, 15) is 14.7 Å². The minimum atomic E-state index is -1.79. The lowest BCUT2D eigenvalue weighted by molar-refractivity contribution is -0.135. The summed E-state index contributed by atoms with van der Waals surface area (Å²) in [5.74, 6) is -0.634. The van der Waals surface area contributed by atoms with Crippen molar-refractivity contribution in [2.75, 3.05) is 11.4 Å². The molecule has 0 fully saturated rings. The van der Waals surface area contributed by atoms with Crippen LogP contribution in [0.15, 0.2) is 48.5 Å². The molecule has 3 rings (SSSR count). The zero-order chi connectivity index (χ0) is 18.0. The van der Waals surface area contributed by atoms with Gasteiger partial charge in [-0.2, -0.15) is 0 Å². The quantitative estimate of drug-likeness (QED) is 0.819. The minimum absolute atomic E-state index is 0.233. The Labute approximate surface area is 148 Å². The second kappa shape index (κ2) is 6.81. The van der Waals surface area contributed by atoms with Crippen LogP contribution in [0.25, 0.3) is 0 Å². The monoisotopic (exact) mass is 337 g/mol. The van der Waals surface area contributed by atoms with E-state index in [4.69, 9.17) is 0 Å². The van der Waals surface area contributed by atoms with Gasteiger partial charge in [0.25, 0.3) is 5.91 Å². The van der Waals surface area contributed by atoms with E-state index in [2.05, 4.69) is 6.92 Å². The molecule has 1 aliphatic heterocycles. The number of benzene rings is 2. The molecule has 1 amide bonds. The molecule has 0 aromatic heterocycles. The minimum Gasteiger partial charge on any atom is -0.375 e. The summed E-state index contributed by atoms with van der Waals surface area (Å²) in [4.78, 5) is 27.2. The standard InChI is InChI=1S/C21H23NO3/c1-3-4-13-22-18-8-6-5-7-17(18)21(25,20(22)24)14-19(23)16-11-9-15(2)10-12-16/h5-12,25H,3-4,13-14H2,1-2H3/t21-/m0/s1. The topological polar surface area (TPSA) is 57.6 Å². The fourth-order valence-corrected chi connectivity index (χ4v) is 3.29. The molecule has 0 saturated carbocycles. The Bertz CT molecular complexity index is 797. The van der Waals surface area contributed by atoms with Crippen molar-refractivity contribution in [3.05, 3.63) is 65.2 Å². The Morgan fingerprint density at radius 3 is 2.48 bits per heavy atom. The molecule has 0 bridgehead atoms. The predicted octanol–water partition coefficient (Wildman–Crippen LogP) is 3.60. The number of aryl methyl sites for hydroxylation is 1. The summed E-state index contributed by atoms with van der Waals surface area (Å²) >= 11 is 0. The third kappa shape index (κ3) is 3.10. The molecule has 1 heterocycles. The van der Waals surface area contributed by atoms with Gasteiger partial charge in [-0.25, -0.2) is 0 Å². The van der Waals surface area contributed by atoms with E-state index in [0.29, 0.717) is 23.4 Å². The summed E-state index contributed by atoms with van der Waals surface area (Å²) in [5, 5.41) is 11.2. The average molecular weight is 337 g/mol. The number of nitrogens with zero attached hydrogens (tertiary/aromatic N) is 1. The highest BCUT2D eigenvalue weighted by Gasteiger charge is 2.50. The van der Waals surface area contributed by atoms with E-state index in [-0.39, 0.29) is 12.2 Å². The van der Waals surface area contributed by atoms with E-state index in [1.165, 1.54) is 0 Å². The molecule has 0 aliphatic carbocycles. The fraction of sp³-hybridized carbons (Fsp3) is 0.333. The highest BCUT2D eigenvalue weighted by atomic mass is 16.3. The maximum absolute atomic E-state index is 12.9. The molecule has 0 unspecified atom stereocenters. The summed E-state index contributed by atoms with van der Waals surface area (Å²) in [5.41, 5.74) is 1.02. The Hall–Kier alpha value is -2.46. The lowest BCUT2D eigenvalue weighted by Crippen LogP contribution is -2.42. The highest BCUT2D eigenvalue weighted by molar-refractivity contribution is 6.10. The van der Waals surface area contributed by atoms with Crippen molar-refractivity contribution in [2.24, 2.45) is 0 Å². The molecule has 4 heteroatoms. The van der Waals surface area contributed by atoms with Gasteiger partial charge in [0.1, 0.15) is 0 Å². The first-order valence-corrected chi connectivity index (χ1v) is 8.71. The number of aliphatic hydroxyl groups is 1. The molecule has 0 saturated heterocycles. The predicted molar refractivity (Wildman–Crippen MR) is 97.7 cm³/mol. The summed E-state index contributed by atoms with van der Waals surface area (Å²) in [6, 6.07) is 14.4. The summed E-state index contributed by atoms with van der Waals surface area (Å²) in [7, 11) is 0. The van der Waals surface area contributed by atoms with Gasteiger partial charge in [0.2, 0.25) is 0 Å². The number of Topliss-reactive ketones (excluding diaryl/α,β-unsaturated/α-hetero) is 1. The van der Waals surface area contributed by atoms with Gasteiger partial charge in [0, 0.05) is 17.7 Å². The third-order valence-corrected chi connectivity index (χ3v) is 4.76. The number of carbonyl (C=O) groups is 2. The number of hydrogen-bond acceptors (Lipinski definition) is 3. The molecule has 4 nitrogen and oxygen atoms in total. The molecule has 2 aromatic carbocycles. The number of fused-ring (bicyclic) bond motifs is 1. The Morgan fingerprint density at radius 1 is 1.12 bits per heavy atom. The van der Waals surface area contributed by atoms with E-state index in [1.54, 1.807) is 29.2 Å². The van der Waals surface area contributed by atoms with Crippen molar-refractivity contribution in [3.8, 4) is 0 Å². The molecular formula is C21H23NO3. The molecule has 25 heavy (non-hydrogen) atoms. The van der Waals surface area contributed by atoms with Crippen LogP contribution in [0, 0.1) is 6.92 Å². The van der Waals surface area contributed by atoms with Crippen molar-refractivity contribution >= 4 is 17.4 Å². The van der Waals surface area contributed by atoms with Gasteiger partial charge < -0.3 is 10.0 Å². The molecule has 1 aliphatic rings. The molecule has 1 N–H and O–H groups in total. The van der Waals surface area contributed by atoms with Crippen molar-refractivity contribution in [2.45, 2.75) is 38.7 Å². The van der Waals surface area contributed by atoms with Crippen molar-refractivity contribution in [3.63, 3.8) is 0 Å². The smallest absolute Gasteiger partial charge is 0.264 e. The van der Waals surface area contributed by atoms with Crippen LogP contribution in [0.3, 0.4) is 0 Å². The van der Waals surface area contributed by atoms with Gasteiger partial charge in [-0.1, -0.05) is 61.4 Å². The van der Waals surface area contributed by atoms with Crippen LogP contribution in [-0.2, 0) is 10.4 Å². The molecule has 0 radical (unpaired) electrons. The van der Waals surface area contributed by atoms with Crippen LogP contribution >= 0.6 is 0 Å². The van der Waals surface area contributed by atoms with Crippen LogP contribution in [0.5, 0.6) is 0 Å². The maximum atomic E-state index is 12.9. The number of unbranched alkanes of at least 4 members (excludes halogenated alkanes) is 1. The summed E-state index contributed by atoms with van der Waals surface area (Å²) in [6.07, 6.45) is 1.56. The second-order valence-electron chi connectivity index (χ2n) is 6.65. The van der Waals surface area contributed by atoms with Crippen LogP contribution in [0.1, 0.15) is 47.7 Å². The average Bonchev–Trinajstić information content (AvgIpc) is 2.82. The van der Waals surface area contributed by atoms with E-state index < -0.39 is 11.5 Å². The summed E-state index contributed by atoms with van der Waals surface area (Å²) < 4.78 is 0. The van der Waals surface area contributed by atoms with Gasteiger partial charge >= 0.3 is 0 Å². The van der Waals surface area contributed by atoms with Crippen molar-refractivity contribution < 1.29 is 14.7 Å². The van der Waals surface area contributed by atoms with Gasteiger partial charge in [-0.05, 0) is 19.4 Å². The number of hydrogen-bond donors (Lipinski definition) is 1. The molecule has 130 valence electrons. The first-order chi connectivity index (χ1) is 12.0. The number of carbonyl (C=O) groups excluding carboxylic acids is 2. The lowest BCUT2D eigenvalue weighted by atomic mass is 9.88. The number of rotatable bonds is 6. The van der Waals surface area contributed by atoms with Crippen LogP contribution in [-0.4, -0.2) is 23.3 Å². The van der Waals surface area contributed by atoms with E-state index in [0.717, 1.165) is 18.4 Å². The Kier molecular flexibility index (Phi) is 4.73. The first kappa shape index (κ1) is 17.4. The summed E-state index contributed by atoms with van der Waals surface area (Å²) in [6.45, 7) is 4.55. The zero-order valence-electron chi connectivity index (χ0n) is 14.7. The zero-order valence-corrected chi connectivity index (χ0v) is 14.7. The lowest BCUT2D eigenvalue weighted by Gasteiger charge is -2.22. The van der Waals surface area contributed by atoms with Crippen LogP contribution in [0.4, 0.5) is 5.69 Å². The van der Waals surface area contributed by atoms with Crippen LogP contribution < -0.4 is 4.90 Å². The normalized spacial score (nSPS) is 19.2. The number of amides is 1. The SMILES string of the molecule is CCCCN1C(=O)[C@](O)(CC(=O)c2ccc(C)cc2)c2ccccc21. The molecule has 1 atom stereocenters. The number of ketones is 1. The van der Waals surface area contributed by atoms with E-state index in [1.807, 2.05) is 31.2 Å². The second-order valence-corrected chi connectivity index (χ2v) is 6.65.